The van der Waals surface area contributed by atoms with Crippen molar-refractivity contribution in [3.05, 3.63) is 57.8 Å². The van der Waals surface area contributed by atoms with Crippen molar-refractivity contribution in [2.75, 3.05) is 0 Å². The van der Waals surface area contributed by atoms with E-state index < -0.39 is 17.5 Å². The SMILES string of the molecule is O=C(NN=Cc1c(F)cccc1F)c1cccs1. The molecule has 0 radical (unpaired) electrons. The highest BCUT2D eigenvalue weighted by Crippen LogP contribution is 2.10. The number of nitrogens with one attached hydrogen (secondary N) is 1. The lowest BCUT2D eigenvalue weighted by Crippen LogP contribution is -2.16. The second kappa shape index (κ2) is 5.50. The topological polar surface area (TPSA) is 41.5 Å². The number of carbonyl (C=O) groups excluding carboxylic acids is 1. The molecule has 1 aromatic heterocycles. The Balaban J connectivity index is 2.06. The van der Waals surface area contributed by atoms with Crippen LogP contribution in [0.1, 0.15) is 15.2 Å². The third-order valence-corrected chi connectivity index (χ3v) is 2.97. The molecule has 0 aliphatic heterocycles. The molecule has 0 saturated heterocycles. The summed E-state index contributed by atoms with van der Waals surface area (Å²) < 4.78 is 26.4. The first-order valence-corrected chi connectivity index (χ1v) is 5.87. The molecule has 3 nitrogen and oxygen atoms in total. The first kappa shape index (κ1) is 12.4. The van der Waals surface area contributed by atoms with Crippen LogP contribution in [0.2, 0.25) is 0 Å². The smallest absolute Gasteiger partial charge is 0.266 e. The monoisotopic (exact) mass is 266 g/mol. The van der Waals surface area contributed by atoms with Crippen molar-refractivity contribution < 1.29 is 13.6 Å². The fourth-order valence-electron chi connectivity index (χ4n) is 1.25. The molecule has 1 aromatic carbocycles. The van der Waals surface area contributed by atoms with Gasteiger partial charge in [0.05, 0.1) is 16.7 Å². The normalized spacial score (nSPS) is 10.8. The van der Waals surface area contributed by atoms with E-state index in [4.69, 9.17) is 0 Å². The van der Waals surface area contributed by atoms with E-state index in [1.54, 1.807) is 17.5 Å². The summed E-state index contributed by atoms with van der Waals surface area (Å²) in [4.78, 5) is 11.9. The number of rotatable bonds is 3. The maximum Gasteiger partial charge on any atom is 0.281 e. The molecule has 92 valence electrons. The summed E-state index contributed by atoms with van der Waals surface area (Å²) in [5, 5.41) is 5.27. The van der Waals surface area contributed by atoms with Crippen LogP contribution < -0.4 is 5.43 Å². The van der Waals surface area contributed by atoms with Gasteiger partial charge in [0.25, 0.3) is 5.91 Å². The summed E-state index contributed by atoms with van der Waals surface area (Å²) in [7, 11) is 0. The van der Waals surface area contributed by atoms with Gasteiger partial charge in [-0.2, -0.15) is 5.10 Å². The van der Waals surface area contributed by atoms with Gasteiger partial charge in [-0.05, 0) is 23.6 Å². The molecule has 18 heavy (non-hydrogen) atoms. The molecule has 0 aliphatic carbocycles. The van der Waals surface area contributed by atoms with Gasteiger partial charge >= 0.3 is 0 Å². The van der Waals surface area contributed by atoms with E-state index in [9.17, 15) is 13.6 Å². The quantitative estimate of drug-likeness (QED) is 0.673. The summed E-state index contributed by atoms with van der Waals surface area (Å²) >= 11 is 1.25. The average molecular weight is 266 g/mol. The lowest BCUT2D eigenvalue weighted by molar-refractivity contribution is 0.0959. The van der Waals surface area contributed by atoms with E-state index in [-0.39, 0.29) is 5.56 Å². The van der Waals surface area contributed by atoms with Gasteiger partial charge in [0.1, 0.15) is 11.6 Å². The van der Waals surface area contributed by atoms with Gasteiger partial charge in [0.2, 0.25) is 0 Å². The van der Waals surface area contributed by atoms with Gasteiger partial charge < -0.3 is 0 Å². The van der Waals surface area contributed by atoms with Crippen molar-refractivity contribution >= 4 is 23.5 Å². The van der Waals surface area contributed by atoms with Crippen LogP contribution in [0, 0.1) is 11.6 Å². The van der Waals surface area contributed by atoms with Crippen LogP contribution in [0.15, 0.2) is 40.8 Å². The molecule has 6 heteroatoms. The number of amides is 1. The molecule has 0 saturated carbocycles. The van der Waals surface area contributed by atoms with Crippen LogP contribution >= 0.6 is 11.3 Å². The fourth-order valence-corrected chi connectivity index (χ4v) is 1.87. The van der Waals surface area contributed by atoms with E-state index in [0.29, 0.717) is 4.88 Å². The summed E-state index contributed by atoms with van der Waals surface area (Å²) in [6.07, 6.45) is 0.941. The molecule has 0 unspecified atom stereocenters. The highest BCUT2D eigenvalue weighted by atomic mass is 32.1. The molecule has 0 atom stereocenters. The van der Waals surface area contributed by atoms with Crippen LogP contribution in [0.4, 0.5) is 8.78 Å². The second-order valence-electron chi connectivity index (χ2n) is 3.31. The number of hydrogen-bond acceptors (Lipinski definition) is 3. The third-order valence-electron chi connectivity index (χ3n) is 2.10. The minimum atomic E-state index is -0.732. The number of hydrazone groups is 1. The van der Waals surface area contributed by atoms with Gasteiger partial charge in [-0.3, -0.25) is 4.79 Å². The lowest BCUT2D eigenvalue weighted by Gasteiger charge is -1.98. The predicted octanol–water partition coefficient (Wildman–Crippen LogP) is 2.79. The van der Waals surface area contributed by atoms with Crippen molar-refractivity contribution in [1.82, 2.24) is 5.43 Å². The first-order chi connectivity index (χ1) is 8.68. The zero-order chi connectivity index (χ0) is 13.0. The molecule has 0 fully saturated rings. The molecule has 1 heterocycles. The highest BCUT2D eigenvalue weighted by Gasteiger charge is 2.06. The Kier molecular flexibility index (Phi) is 3.78. The van der Waals surface area contributed by atoms with Gasteiger partial charge in [0.15, 0.2) is 0 Å². The highest BCUT2D eigenvalue weighted by molar-refractivity contribution is 7.12. The predicted molar refractivity (Wildman–Crippen MR) is 65.7 cm³/mol. The molecule has 0 spiro atoms. The van der Waals surface area contributed by atoms with E-state index in [0.717, 1.165) is 18.3 Å². The molecular formula is C12H8F2N2OS. The average Bonchev–Trinajstić information content (AvgIpc) is 2.86. The maximum atomic E-state index is 13.2. The molecule has 0 bridgehead atoms. The van der Waals surface area contributed by atoms with Crippen LogP contribution in [-0.2, 0) is 0 Å². The summed E-state index contributed by atoms with van der Waals surface area (Å²) in [5.41, 5.74) is 1.91. The van der Waals surface area contributed by atoms with Gasteiger partial charge in [0, 0.05) is 0 Å². The van der Waals surface area contributed by atoms with E-state index in [2.05, 4.69) is 10.5 Å². The van der Waals surface area contributed by atoms with Crippen molar-refractivity contribution in [1.29, 1.82) is 0 Å². The fraction of sp³-hybridized carbons (Fsp3) is 0. The number of thiophene rings is 1. The summed E-state index contributed by atoms with van der Waals surface area (Å²) in [5.74, 6) is -1.88. The number of carbonyl (C=O) groups is 1. The third kappa shape index (κ3) is 2.78. The zero-order valence-electron chi connectivity index (χ0n) is 9.06. The van der Waals surface area contributed by atoms with Crippen LogP contribution in [0.25, 0.3) is 0 Å². The maximum absolute atomic E-state index is 13.2. The number of benzene rings is 1. The van der Waals surface area contributed by atoms with Gasteiger partial charge in [-0.1, -0.05) is 12.1 Å². The van der Waals surface area contributed by atoms with E-state index in [1.165, 1.54) is 17.4 Å². The van der Waals surface area contributed by atoms with Gasteiger partial charge in [-0.15, -0.1) is 11.3 Å². The van der Waals surface area contributed by atoms with Crippen LogP contribution in [0.5, 0.6) is 0 Å². The standard InChI is InChI=1S/C12H8F2N2OS/c13-9-3-1-4-10(14)8(9)7-15-16-12(17)11-5-2-6-18-11/h1-7H,(H,16,17). The molecule has 2 aromatic rings. The number of halogens is 2. The molecule has 0 aliphatic rings. The minimum absolute atomic E-state index is 0.288. The molecular weight excluding hydrogens is 258 g/mol. The first-order valence-electron chi connectivity index (χ1n) is 4.99. The number of nitrogens with zero attached hydrogens (tertiary/aromatic N) is 1. The van der Waals surface area contributed by atoms with Crippen molar-refractivity contribution in [2.45, 2.75) is 0 Å². The largest absolute Gasteiger partial charge is 0.281 e. The van der Waals surface area contributed by atoms with Crippen molar-refractivity contribution in [3.63, 3.8) is 0 Å². The minimum Gasteiger partial charge on any atom is -0.266 e. The Morgan fingerprint density at radius 3 is 2.56 bits per heavy atom. The molecule has 1 N–H and O–H groups in total. The summed E-state index contributed by atoms with van der Waals surface area (Å²) in [6, 6.07) is 6.84. The number of hydrogen-bond donors (Lipinski definition) is 1. The molecule has 1 amide bonds. The Morgan fingerprint density at radius 2 is 1.94 bits per heavy atom. The van der Waals surface area contributed by atoms with Crippen LogP contribution in [0.3, 0.4) is 0 Å². The Morgan fingerprint density at radius 1 is 1.22 bits per heavy atom. The second-order valence-corrected chi connectivity index (χ2v) is 4.26. The lowest BCUT2D eigenvalue weighted by atomic mass is 10.2. The van der Waals surface area contributed by atoms with E-state index in [1.807, 2.05) is 0 Å². The summed E-state index contributed by atoms with van der Waals surface area (Å²) in [6.45, 7) is 0. The Labute approximate surface area is 106 Å². The van der Waals surface area contributed by atoms with Gasteiger partial charge in [-0.25, -0.2) is 14.2 Å². The van der Waals surface area contributed by atoms with Crippen LogP contribution in [-0.4, -0.2) is 12.1 Å². The Bertz CT molecular complexity index is 562. The Hall–Kier alpha value is -2.08. The van der Waals surface area contributed by atoms with Crippen molar-refractivity contribution in [2.24, 2.45) is 5.10 Å². The van der Waals surface area contributed by atoms with Crippen molar-refractivity contribution in [3.8, 4) is 0 Å². The zero-order valence-corrected chi connectivity index (χ0v) is 9.88. The van der Waals surface area contributed by atoms with E-state index >= 15 is 0 Å². The molecule has 2 rings (SSSR count).